The normalized spacial score (nSPS) is 17.0. The van der Waals surface area contributed by atoms with Crippen LogP contribution >= 0.6 is 0 Å². The van der Waals surface area contributed by atoms with Crippen molar-refractivity contribution in [3.05, 3.63) is 48.0 Å². The molecule has 0 bridgehead atoms. The number of likely N-dealkylation sites (N-methyl/N-ethyl adjacent to an activating group) is 1. The number of hydrogen-bond donors (Lipinski definition) is 2. The smallest absolute Gasteiger partial charge is 0.313 e. The van der Waals surface area contributed by atoms with Crippen molar-refractivity contribution in [2.24, 2.45) is 0 Å². The zero-order chi connectivity index (χ0) is 24.1. The van der Waals surface area contributed by atoms with E-state index < -0.39 is 11.8 Å². The summed E-state index contributed by atoms with van der Waals surface area (Å²) in [6.45, 7) is 5.02. The molecule has 9 heteroatoms. The van der Waals surface area contributed by atoms with Crippen LogP contribution in [0.3, 0.4) is 0 Å². The van der Waals surface area contributed by atoms with Crippen LogP contribution in [0.1, 0.15) is 11.6 Å². The first kappa shape index (κ1) is 23.8. The topological polar surface area (TPSA) is 86.4 Å². The van der Waals surface area contributed by atoms with Gasteiger partial charge in [0.05, 0.1) is 6.04 Å². The molecule has 2 aliphatic rings. The number of rotatable bonds is 6. The Kier molecular flexibility index (Phi) is 7.54. The molecule has 2 aliphatic heterocycles. The van der Waals surface area contributed by atoms with Gasteiger partial charge in [-0.3, -0.25) is 14.5 Å². The van der Waals surface area contributed by atoms with Crippen molar-refractivity contribution in [1.82, 2.24) is 15.1 Å². The van der Waals surface area contributed by atoms with E-state index in [2.05, 4.69) is 56.6 Å². The highest BCUT2D eigenvalue weighted by Gasteiger charge is 2.26. The van der Waals surface area contributed by atoms with Gasteiger partial charge in [0.15, 0.2) is 11.5 Å². The Morgan fingerprint density at radius 1 is 0.941 bits per heavy atom. The summed E-state index contributed by atoms with van der Waals surface area (Å²) in [5, 5.41) is 5.49. The molecule has 0 aliphatic carbocycles. The van der Waals surface area contributed by atoms with Gasteiger partial charge in [0.25, 0.3) is 0 Å². The van der Waals surface area contributed by atoms with Crippen molar-refractivity contribution in [2.75, 3.05) is 77.3 Å². The third-order valence-corrected chi connectivity index (χ3v) is 6.24. The van der Waals surface area contributed by atoms with Crippen LogP contribution in [0.2, 0.25) is 0 Å². The van der Waals surface area contributed by atoms with Gasteiger partial charge in [-0.25, -0.2) is 0 Å². The van der Waals surface area contributed by atoms with E-state index in [9.17, 15) is 9.59 Å². The summed E-state index contributed by atoms with van der Waals surface area (Å²) in [5.41, 5.74) is 2.71. The lowest BCUT2D eigenvalue weighted by atomic mass is 10.0. The molecule has 2 aromatic carbocycles. The number of amides is 2. The molecule has 4 rings (SSSR count). The van der Waals surface area contributed by atoms with Gasteiger partial charge < -0.3 is 29.9 Å². The average Bonchev–Trinajstić information content (AvgIpc) is 2.85. The fourth-order valence-corrected chi connectivity index (χ4v) is 4.16. The van der Waals surface area contributed by atoms with Crippen molar-refractivity contribution in [3.8, 4) is 11.5 Å². The molecular weight excluding hydrogens is 434 g/mol. The number of carbonyl (C=O) groups excluding carboxylic acids is 2. The molecule has 9 nitrogen and oxygen atoms in total. The molecule has 2 aromatic rings. The highest BCUT2D eigenvalue weighted by Crippen LogP contribution is 2.32. The van der Waals surface area contributed by atoms with Crippen LogP contribution in [0.4, 0.5) is 11.4 Å². The number of carbonyl (C=O) groups is 2. The standard InChI is InChI=1S/C25H33N5O4/c1-28(2)20-7-4-18(5-8-20)21(30-12-10-29(3)11-13-30)17-26-24(31)25(32)27-19-6-9-22-23(16-19)34-15-14-33-22/h4-9,16,21H,10-15,17H2,1-3H3,(H,26,31)(H,27,32)/t21-/m0/s1. The predicted molar refractivity (Wildman–Crippen MR) is 132 cm³/mol. The molecule has 0 saturated carbocycles. The molecule has 0 unspecified atom stereocenters. The Hall–Kier alpha value is -3.30. The number of benzene rings is 2. The molecule has 2 heterocycles. The largest absolute Gasteiger partial charge is 0.486 e. The Morgan fingerprint density at radius 2 is 1.62 bits per heavy atom. The van der Waals surface area contributed by atoms with Crippen LogP contribution in [0.15, 0.2) is 42.5 Å². The maximum absolute atomic E-state index is 12.6. The second-order valence-corrected chi connectivity index (χ2v) is 8.86. The van der Waals surface area contributed by atoms with Gasteiger partial charge in [0.1, 0.15) is 13.2 Å². The fraction of sp³-hybridized carbons (Fsp3) is 0.440. The third-order valence-electron chi connectivity index (χ3n) is 6.24. The van der Waals surface area contributed by atoms with Gasteiger partial charge in [-0.15, -0.1) is 0 Å². The number of ether oxygens (including phenoxy) is 2. The summed E-state index contributed by atoms with van der Waals surface area (Å²) in [4.78, 5) is 31.9. The molecular formula is C25H33N5O4. The molecule has 0 aromatic heterocycles. The van der Waals surface area contributed by atoms with Crippen LogP contribution in [0.25, 0.3) is 0 Å². The summed E-state index contributed by atoms with van der Waals surface area (Å²) in [6.07, 6.45) is 0. The number of nitrogens with one attached hydrogen (secondary N) is 2. The zero-order valence-electron chi connectivity index (χ0n) is 20.0. The summed E-state index contributed by atoms with van der Waals surface area (Å²) >= 11 is 0. The molecule has 2 amide bonds. The van der Waals surface area contributed by atoms with Crippen LogP contribution in [0, 0.1) is 0 Å². The Labute approximate surface area is 200 Å². The number of piperazine rings is 1. The Balaban J connectivity index is 1.40. The van der Waals surface area contributed by atoms with Crippen LogP contribution < -0.4 is 25.0 Å². The molecule has 1 atom stereocenters. The third kappa shape index (κ3) is 5.78. The lowest BCUT2D eigenvalue weighted by Gasteiger charge is -2.38. The maximum Gasteiger partial charge on any atom is 0.313 e. The van der Waals surface area contributed by atoms with Crippen LogP contribution in [-0.2, 0) is 9.59 Å². The van der Waals surface area contributed by atoms with Gasteiger partial charge >= 0.3 is 11.8 Å². The summed E-state index contributed by atoms with van der Waals surface area (Å²) in [6, 6.07) is 13.4. The average molecular weight is 468 g/mol. The molecule has 2 N–H and O–H groups in total. The van der Waals surface area contributed by atoms with Gasteiger partial charge in [0, 0.05) is 64.3 Å². The van der Waals surface area contributed by atoms with Gasteiger partial charge in [-0.1, -0.05) is 12.1 Å². The van der Waals surface area contributed by atoms with E-state index in [1.165, 1.54) is 0 Å². The van der Waals surface area contributed by atoms with Crippen molar-refractivity contribution in [3.63, 3.8) is 0 Å². The number of hydrogen-bond acceptors (Lipinski definition) is 7. The Morgan fingerprint density at radius 3 is 2.29 bits per heavy atom. The molecule has 1 fully saturated rings. The first-order valence-electron chi connectivity index (χ1n) is 11.6. The molecule has 0 spiro atoms. The Bertz CT molecular complexity index is 1000. The minimum Gasteiger partial charge on any atom is -0.486 e. The van der Waals surface area contributed by atoms with Crippen LogP contribution in [0.5, 0.6) is 11.5 Å². The minimum absolute atomic E-state index is 0.0176. The van der Waals surface area contributed by atoms with Crippen molar-refractivity contribution in [1.29, 1.82) is 0 Å². The van der Waals surface area contributed by atoms with E-state index in [0.717, 1.165) is 37.4 Å². The summed E-state index contributed by atoms with van der Waals surface area (Å²) in [5.74, 6) is -0.194. The number of fused-ring (bicyclic) bond motifs is 1. The quantitative estimate of drug-likeness (QED) is 0.624. The highest BCUT2D eigenvalue weighted by molar-refractivity contribution is 6.39. The SMILES string of the molecule is CN1CCN([C@@H](CNC(=O)C(=O)Nc2ccc3c(c2)OCCO3)c2ccc(N(C)C)cc2)CC1. The summed E-state index contributed by atoms with van der Waals surface area (Å²) < 4.78 is 11.0. The molecule has 0 radical (unpaired) electrons. The second-order valence-electron chi connectivity index (χ2n) is 8.86. The minimum atomic E-state index is -0.711. The van der Waals surface area contributed by atoms with E-state index in [4.69, 9.17) is 9.47 Å². The van der Waals surface area contributed by atoms with Crippen molar-refractivity contribution < 1.29 is 19.1 Å². The lowest BCUT2D eigenvalue weighted by Crippen LogP contribution is -2.49. The zero-order valence-corrected chi connectivity index (χ0v) is 20.0. The predicted octanol–water partition coefficient (Wildman–Crippen LogP) is 1.57. The first-order chi connectivity index (χ1) is 16.4. The monoisotopic (exact) mass is 467 g/mol. The van der Waals surface area contributed by atoms with E-state index >= 15 is 0 Å². The van der Waals surface area contributed by atoms with E-state index in [1.54, 1.807) is 18.2 Å². The maximum atomic E-state index is 12.6. The van der Waals surface area contributed by atoms with E-state index in [-0.39, 0.29) is 6.04 Å². The molecule has 1 saturated heterocycles. The second kappa shape index (κ2) is 10.8. The van der Waals surface area contributed by atoms with Gasteiger partial charge in [0.2, 0.25) is 0 Å². The van der Waals surface area contributed by atoms with Crippen molar-refractivity contribution in [2.45, 2.75) is 6.04 Å². The van der Waals surface area contributed by atoms with Gasteiger partial charge in [-0.05, 0) is 36.9 Å². The van der Waals surface area contributed by atoms with E-state index in [0.29, 0.717) is 36.9 Å². The lowest BCUT2D eigenvalue weighted by molar-refractivity contribution is -0.136. The van der Waals surface area contributed by atoms with Crippen molar-refractivity contribution >= 4 is 23.2 Å². The highest BCUT2D eigenvalue weighted by atomic mass is 16.6. The van der Waals surface area contributed by atoms with Crippen LogP contribution in [-0.4, -0.2) is 88.7 Å². The molecule has 182 valence electrons. The fourth-order valence-electron chi connectivity index (χ4n) is 4.16. The summed E-state index contributed by atoms with van der Waals surface area (Å²) in [7, 11) is 6.13. The van der Waals surface area contributed by atoms with E-state index in [1.807, 2.05) is 14.1 Å². The molecule has 34 heavy (non-hydrogen) atoms. The number of nitrogens with zero attached hydrogens (tertiary/aromatic N) is 3. The van der Waals surface area contributed by atoms with Gasteiger partial charge in [-0.2, -0.15) is 0 Å². The number of anilines is 2. The first-order valence-corrected chi connectivity index (χ1v) is 11.6.